The van der Waals surface area contributed by atoms with Crippen LogP contribution in [0.1, 0.15) is 23.2 Å². The number of amides is 2. The average molecular weight is 503 g/mol. The number of nitrogens with one attached hydrogen (secondary N) is 2. The number of hydrogen-bond donors (Lipinski definition) is 2. The van der Waals surface area contributed by atoms with E-state index < -0.39 is 21.9 Å². The van der Waals surface area contributed by atoms with Gasteiger partial charge in [0.2, 0.25) is 15.9 Å². The number of nitrogens with zero attached hydrogens (tertiary/aromatic N) is 2. The molecule has 2 amide bonds. The van der Waals surface area contributed by atoms with Crippen LogP contribution in [0.4, 0.5) is 11.4 Å². The maximum absolute atomic E-state index is 13.0. The zero-order valence-corrected chi connectivity index (χ0v) is 20.8. The third-order valence-corrected chi connectivity index (χ3v) is 7.56. The molecule has 0 spiro atoms. The number of esters is 1. The van der Waals surface area contributed by atoms with Gasteiger partial charge in [-0.2, -0.15) is 4.31 Å². The zero-order valence-electron chi connectivity index (χ0n) is 20.0. The van der Waals surface area contributed by atoms with Gasteiger partial charge in [0.15, 0.2) is 0 Å². The summed E-state index contributed by atoms with van der Waals surface area (Å²) < 4.78 is 32.1. The fraction of sp³-hybridized carbons (Fsp3) is 0.375. The first-order chi connectivity index (χ1) is 16.6. The van der Waals surface area contributed by atoms with Crippen molar-refractivity contribution in [1.29, 1.82) is 0 Å². The van der Waals surface area contributed by atoms with Crippen LogP contribution in [0.3, 0.4) is 0 Å². The predicted octanol–water partition coefficient (Wildman–Crippen LogP) is 2.01. The predicted molar refractivity (Wildman–Crippen MR) is 132 cm³/mol. The summed E-state index contributed by atoms with van der Waals surface area (Å²) in [4.78, 5) is 37.6. The first kappa shape index (κ1) is 26.2. The van der Waals surface area contributed by atoms with E-state index in [1.165, 1.54) is 28.4 Å². The lowest BCUT2D eigenvalue weighted by Crippen LogP contribution is -2.42. The van der Waals surface area contributed by atoms with Gasteiger partial charge in [-0.3, -0.25) is 14.4 Å². The molecule has 0 unspecified atom stereocenters. The molecule has 1 aliphatic rings. The number of sulfonamides is 1. The third-order valence-electron chi connectivity index (χ3n) is 5.69. The Balaban J connectivity index is 1.55. The summed E-state index contributed by atoms with van der Waals surface area (Å²) in [6.07, 6.45) is 1.18. The lowest BCUT2D eigenvalue weighted by molar-refractivity contribution is -0.146. The van der Waals surface area contributed by atoms with E-state index in [0.29, 0.717) is 36.3 Å². The van der Waals surface area contributed by atoms with Crippen molar-refractivity contribution in [3.05, 3.63) is 54.1 Å². The standard InChI is InChI=1S/C24H30N4O6S/c1-27(2)23(30)17-6-8-20(9-7-17)26-22(29)15-25-19-10-12-21(13-11-19)35(32,33)28-14-4-5-18(16-28)24(31)34-3/h6-13,18,25H,4-5,14-16H2,1-3H3,(H,26,29)/t18-/m0/s1. The molecule has 0 saturated carbocycles. The monoisotopic (exact) mass is 502 g/mol. The van der Waals surface area contributed by atoms with Crippen LogP contribution < -0.4 is 10.6 Å². The fourth-order valence-electron chi connectivity index (χ4n) is 3.76. The summed E-state index contributed by atoms with van der Waals surface area (Å²) in [7, 11) is 0.881. The van der Waals surface area contributed by atoms with Crippen molar-refractivity contribution in [3.63, 3.8) is 0 Å². The van der Waals surface area contributed by atoms with Gasteiger partial charge in [-0.25, -0.2) is 8.42 Å². The topological polar surface area (TPSA) is 125 Å². The second-order valence-electron chi connectivity index (χ2n) is 8.43. The maximum atomic E-state index is 13.0. The largest absolute Gasteiger partial charge is 0.469 e. The van der Waals surface area contributed by atoms with E-state index >= 15 is 0 Å². The van der Waals surface area contributed by atoms with Crippen molar-refractivity contribution in [3.8, 4) is 0 Å². The number of hydrogen-bond acceptors (Lipinski definition) is 7. The molecule has 3 rings (SSSR count). The number of benzene rings is 2. The highest BCUT2D eigenvalue weighted by Gasteiger charge is 2.33. The van der Waals surface area contributed by atoms with Crippen molar-refractivity contribution in [1.82, 2.24) is 9.21 Å². The number of methoxy groups -OCH3 is 1. The first-order valence-electron chi connectivity index (χ1n) is 11.2. The molecule has 10 nitrogen and oxygen atoms in total. The lowest BCUT2D eigenvalue weighted by Gasteiger charge is -2.30. The highest BCUT2D eigenvalue weighted by Crippen LogP contribution is 2.25. The summed E-state index contributed by atoms with van der Waals surface area (Å²) in [5, 5.41) is 5.69. The van der Waals surface area contributed by atoms with Crippen LogP contribution in [0.5, 0.6) is 0 Å². The molecule has 2 N–H and O–H groups in total. The molecule has 2 aromatic rings. The molecular formula is C24H30N4O6S. The SMILES string of the molecule is COC(=O)[C@H]1CCCN(S(=O)(=O)c2ccc(NCC(=O)Nc3ccc(C(=O)N(C)C)cc3)cc2)C1. The van der Waals surface area contributed by atoms with E-state index in [-0.39, 0.29) is 29.8 Å². The average Bonchev–Trinajstić information content (AvgIpc) is 2.87. The molecule has 1 fully saturated rings. The van der Waals surface area contributed by atoms with E-state index in [1.54, 1.807) is 50.5 Å². The van der Waals surface area contributed by atoms with Gasteiger partial charge < -0.3 is 20.3 Å². The molecule has 11 heteroatoms. The van der Waals surface area contributed by atoms with Gasteiger partial charge in [-0.15, -0.1) is 0 Å². The Hall–Kier alpha value is -3.44. The number of carbonyl (C=O) groups excluding carboxylic acids is 3. The van der Waals surface area contributed by atoms with Gasteiger partial charge in [-0.1, -0.05) is 0 Å². The Morgan fingerprint density at radius 3 is 2.26 bits per heavy atom. The number of carbonyl (C=O) groups is 3. The van der Waals surface area contributed by atoms with E-state index in [2.05, 4.69) is 10.6 Å². The van der Waals surface area contributed by atoms with Crippen LogP contribution in [0.25, 0.3) is 0 Å². The molecule has 1 atom stereocenters. The molecule has 1 saturated heterocycles. The molecule has 1 aliphatic heterocycles. The maximum Gasteiger partial charge on any atom is 0.309 e. The first-order valence-corrected chi connectivity index (χ1v) is 12.6. The van der Waals surface area contributed by atoms with Gasteiger partial charge in [0.25, 0.3) is 5.91 Å². The Bertz CT molecular complexity index is 1160. The zero-order chi connectivity index (χ0) is 25.6. The molecule has 35 heavy (non-hydrogen) atoms. The normalized spacial score (nSPS) is 16.3. The second-order valence-corrected chi connectivity index (χ2v) is 10.4. The molecular weight excluding hydrogens is 472 g/mol. The summed E-state index contributed by atoms with van der Waals surface area (Å²) in [5.74, 6) is -1.29. The summed E-state index contributed by atoms with van der Waals surface area (Å²) in [6, 6.07) is 12.7. The Kier molecular flexibility index (Phi) is 8.47. The second kappa shape index (κ2) is 11.3. The number of piperidine rings is 1. The lowest BCUT2D eigenvalue weighted by atomic mass is 10.0. The quantitative estimate of drug-likeness (QED) is 0.529. The van der Waals surface area contributed by atoms with E-state index in [1.807, 2.05) is 0 Å². The molecule has 0 bridgehead atoms. The molecule has 0 aliphatic carbocycles. The Morgan fingerprint density at radius 2 is 1.66 bits per heavy atom. The van der Waals surface area contributed by atoms with Crippen LogP contribution in [0.2, 0.25) is 0 Å². The Morgan fingerprint density at radius 1 is 1.03 bits per heavy atom. The van der Waals surface area contributed by atoms with Crippen LogP contribution in [0.15, 0.2) is 53.4 Å². The van der Waals surface area contributed by atoms with Crippen molar-refractivity contribution < 1.29 is 27.5 Å². The number of anilines is 2. The minimum atomic E-state index is -3.75. The smallest absolute Gasteiger partial charge is 0.309 e. The summed E-state index contributed by atoms with van der Waals surface area (Å²) in [5.41, 5.74) is 1.66. The van der Waals surface area contributed by atoms with E-state index in [0.717, 1.165) is 0 Å². The fourth-order valence-corrected chi connectivity index (χ4v) is 5.28. The van der Waals surface area contributed by atoms with Gasteiger partial charge in [-0.05, 0) is 61.4 Å². The van der Waals surface area contributed by atoms with Crippen LogP contribution in [-0.4, -0.2) is 76.2 Å². The van der Waals surface area contributed by atoms with Gasteiger partial charge >= 0.3 is 5.97 Å². The van der Waals surface area contributed by atoms with Crippen molar-refractivity contribution in [2.24, 2.45) is 5.92 Å². The van der Waals surface area contributed by atoms with Crippen LogP contribution in [0, 0.1) is 5.92 Å². The van der Waals surface area contributed by atoms with Gasteiger partial charge in [0, 0.05) is 44.1 Å². The van der Waals surface area contributed by atoms with Crippen LogP contribution in [-0.2, 0) is 24.3 Å². The minimum Gasteiger partial charge on any atom is -0.469 e. The highest BCUT2D eigenvalue weighted by atomic mass is 32.2. The summed E-state index contributed by atoms with van der Waals surface area (Å²) in [6.45, 7) is 0.414. The van der Waals surface area contributed by atoms with Crippen molar-refractivity contribution in [2.45, 2.75) is 17.7 Å². The van der Waals surface area contributed by atoms with Crippen molar-refractivity contribution in [2.75, 3.05) is 51.5 Å². The molecule has 0 radical (unpaired) electrons. The summed E-state index contributed by atoms with van der Waals surface area (Å²) >= 11 is 0. The molecule has 0 aromatic heterocycles. The number of rotatable bonds is 8. The van der Waals surface area contributed by atoms with Crippen LogP contribution >= 0.6 is 0 Å². The molecule has 188 valence electrons. The molecule has 2 aromatic carbocycles. The highest BCUT2D eigenvalue weighted by molar-refractivity contribution is 7.89. The molecule has 1 heterocycles. The number of ether oxygens (including phenoxy) is 1. The van der Waals surface area contributed by atoms with E-state index in [4.69, 9.17) is 4.74 Å². The Labute approximate surface area is 205 Å². The van der Waals surface area contributed by atoms with Crippen molar-refractivity contribution >= 4 is 39.2 Å². The van der Waals surface area contributed by atoms with Gasteiger partial charge in [0.05, 0.1) is 24.5 Å². The minimum absolute atomic E-state index is 0.0303. The van der Waals surface area contributed by atoms with Gasteiger partial charge in [0.1, 0.15) is 0 Å². The van der Waals surface area contributed by atoms with E-state index in [9.17, 15) is 22.8 Å². The third kappa shape index (κ3) is 6.58.